The fraction of sp³-hybridized carbons (Fsp3) is 0.500. The molecule has 0 radical (unpaired) electrons. The molecule has 0 aromatic heterocycles. The van der Waals surface area contributed by atoms with Gasteiger partial charge in [-0.05, 0) is 38.0 Å². The average Bonchev–Trinajstić information content (AvgIpc) is 2.33. The van der Waals surface area contributed by atoms with Gasteiger partial charge in [0, 0.05) is 18.2 Å². The Labute approximate surface area is 113 Å². The van der Waals surface area contributed by atoms with Crippen molar-refractivity contribution in [1.82, 2.24) is 4.31 Å². The molecule has 4 nitrogen and oxygen atoms in total. The van der Waals surface area contributed by atoms with Crippen LogP contribution >= 0.6 is 11.6 Å². The number of benzene rings is 1. The minimum absolute atomic E-state index is 0.218. The van der Waals surface area contributed by atoms with E-state index in [1.807, 2.05) is 6.92 Å². The molecular formula is C12H16ClNO3S. The molecule has 1 fully saturated rings. The molecule has 6 heteroatoms. The van der Waals surface area contributed by atoms with Gasteiger partial charge >= 0.3 is 0 Å². The molecule has 1 aromatic rings. The molecule has 1 saturated heterocycles. The molecule has 0 spiro atoms. The Hall–Kier alpha value is -0.620. The first-order chi connectivity index (χ1) is 8.43. The Balaban J connectivity index is 2.37. The van der Waals surface area contributed by atoms with Crippen LogP contribution in [0.25, 0.3) is 0 Å². The van der Waals surface area contributed by atoms with E-state index in [4.69, 9.17) is 16.3 Å². The fourth-order valence-corrected chi connectivity index (χ4v) is 3.77. The van der Waals surface area contributed by atoms with Crippen molar-refractivity contribution in [2.75, 3.05) is 13.2 Å². The van der Waals surface area contributed by atoms with E-state index in [-0.39, 0.29) is 4.90 Å². The number of ether oxygens (including phenoxy) is 1. The first-order valence-corrected chi connectivity index (χ1v) is 7.64. The summed E-state index contributed by atoms with van der Waals surface area (Å²) in [4.78, 5) is 0.218. The van der Waals surface area contributed by atoms with Crippen LogP contribution in [0.5, 0.6) is 0 Å². The standard InChI is InChI=1S/C12H16ClNO3S/c1-9-4-5-11(8-12(9)13)18(15,16)14-6-3-7-17-10(14)2/h4-5,8,10H,3,6-7H2,1-2H3. The molecule has 1 unspecified atom stereocenters. The molecule has 0 amide bonds. The van der Waals surface area contributed by atoms with Crippen molar-refractivity contribution in [1.29, 1.82) is 0 Å². The van der Waals surface area contributed by atoms with Crippen LogP contribution in [0.4, 0.5) is 0 Å². The summed E-state index contributed by atoms with van der Waals surface area (Å²) >= 11 is 5.98. The topological polar surface area (TPSA) is 46.6 Å². The van der Waals surface area contributed by atoms with E-state index < -0.39 is 16.3 Å². The maximum Gasteiger partial charge on any atom is 0.245 e. The van der Waals surface area contributed by atoms with Gasteiger partial charge in [-0.15, -0.1) is 0 Å². The molecule has 18 heavy (non-hydrogen) atoms. The minimum Gasteiger partial charge on any atom is -0.362 e. The van der Waals surface area contributed by atoms with Crippen molar-refractivity contribution >= 4 is 21.6 Å². The highest BCUT2D eigenvalue weighted by Crippen LogP contribution is 2.25. The molecule has 0 N–H and O–H groups in total. The van der Waals surface area contributed by atoms with Gasteiger partial charge in [0.05, 0.1) is 4.90 Å². The SMILES string of the molecule is Cc1ccc(S(=O)(=O)N2CCCOC2C)cc1Cl. The second-order valence-corrected chi connectivity index (χ2v) is 6.65. The van der Waals surface area contributed by atoms with Crippen molar-refractivity contribution < 1.29 is 13.2 Å². The third kappa shape index (κ3) is 2.54. The molecule has 1 aliphatic rings. The number of rotatable bonds is 2. The third-order valence-electron chi connectivity index (χ3n) is 3.04. The van der Waals surface area contributed by atoms with Crippen molar-refractivity contribution in [2.45, 2.75) is 31.4 Å². The van der Waals surface area contributed by atoms with Gasteiger partial charge in [0.15, 0.2) is 0 Å². The zero-order valence-corrected chi connectivity index (χ0v) is 12.0. The van der Waals surface area contributed by atoms with E-state index in [2.05, 4.69) is 0 Å². The first-order valence-electron chi connectivity index (χ1n) is 5.82. The van der Waals surface area contributed by atoms with Gasteiger partial charge in [-0.1, -0.05) is 17.7 Å². The van der Waals surface area contributed by atoms with Crippen LogP contribution in [0.3, 0.4) is 0 Å². The Morgan fingerprint density at radius 1 is 1.44 bits per heavy atom. The van der Waals surface area contributed by atoms with Gasteiger partial charge in [0.2, 0.25) is 10.0 Å². The summed E-state index contributed by atoms with van der Waals surface area (Å²) in [5.41, 5.74) is 0.860. The molecule has 1 aliphatic heterocycles. The Bertz CT molecular complexity index is 544. The summed E-state index contributed by atoms with van der Waals surface area (Å²) in [6, 6.07) is 4.79. The summed E-state index contributed by atoms with van der Waals surface area (Å²) in [5.74, 6) is 0. The number of halogens is 1. The maximum absolute atomic E-state index is 12.4. The number of nitrogens with zero attached hydrogens (tertiary/aromatic N) is 1. The van der Waals surface area contributed by atoms with E-state index in [1.165, 1.54) is 10.4 Å². The van der Waals surface area contributed by atoms with Crippen LogP contribution in [0.15, 0.2) is 23.1 Å². The molecule has 1 atom stereocenters. The zero-order chi connectivity index (χ0) is 13.3. The molecule has 1 aromatic carbocycles. The maximum atomic E-state index is 12.4. The van der Waals surface area contributed by atoms with E-state index in [1.54, 1.807) is 19.1 Å². The molecule has 0 bridgehead atoms. The number of hydrogen-bond donors (Lipinski definition) is 0. The van der Waals surface area contributed by atoms with Gasteiger partial charge in [-0.2, -0.15) is 4.31 Å². The van der Waals surface area contributed by atoms with Crippen molar-refractivity contribution in [3.8, 4) is 0 Å². The van der Waals surface area contributed by atoms with Gasteiger partial charge < -0.3 is 4.74 Å². The Kier molecular flexibility index (Phi) is 3.96. The molecule has 2 rings (SSSR count). The number of sulfonamides is 1. The molecule has 1 heterocycles. The largest absolute Gasteiger partial charge is 0.362 e. The van der Waals surface area contributed by atoms with Crippen LogP contribution in [-0.4, -0.2) is 32.1 Å². The Morgan fingerprint density at radius 3 is 2.78 bits per heavy atom. The van der Waals surface area contributed by atoms with Crippen molar-refractivity contribution in [2.24, 2.45) is 0 Å². The Morgan fingerprint density at radius 2 is 2.17 bits per heavy atom. The quantitative estimate of drug-likeness (QED) is 0.840. The lowest BCUT2D eigenvalue weighted by atomic mass is 10.2. The van der Waals surface area contributed by atoms with Gasteiger partial charge in [-0.25, -0.2) is 8.42 Å². The average molecular weight is 290 g/mol. The normalized spacial score (nSPS) is 22.1. The minimum atomic E-state index is -3.53. The summed E-state index contributed by atoms with van der Waals surface area (Å²) in [5, 5.41) is 0.460. The van der Waals surface area contributed by atoms with E-state index in [9.17, 15) is 8.42 Å². The lowest BCUT2D eigenvalue weighted by Crippen LogP contribution is -2.44. The first kappa shape index (κ1) is 13.8. The van der Waals surface area contributed by atoms with Gasteiger partial charge in [-0.3, -0.25) is 0 Å². The van der Waals surface area contributed by atoms with E-state index in [0.717, 1.165) is 5.56 Å². The fourth-order valence-electron chi connectivity index (χ4n) is 1.92. The van der Waals surface area contributed by atoms with Crippen LogP contribution < -0.4 is 0 Å². The van der Waals surface area contributed by atoms with Crippen molar-refractivity contribution in [3.05, 3.63) is 28.8 Å². The van der Waals surface area contributed by atoms with Gasteiger partial charge in [0.25, 0.3) is 0 Å². The third-order valence-corrected chi connectivity index (χ3v) is 5.39. The van der Waals surface area contributed by atoms with Crippen molar-refractivity contribution in [3.63, 3.8) is 0 Å². The number of hydrogen-bond acceptors (Lipinski definition) is 3. The molecular weight excluding hydrogens is 274 g/mol. The summed E-state index contributed by atoms with van der Waals surface area (Å²) in [6.07, 6.45) is 0.284. The number of aryl methyl sites for hydroxylation is 1. The molecule has 0 aliphatic carbocycles. The highest BCUT2D eigenvalue weighted by atomic mass is 35.5. The van der Waals surface area contributed by atoms with Crippen LogP contribution in [0.2, 0.25) is 5.02 Å². The second-order valence-electron chi connectivity index (χ2n) is 4.35. The summed E-state index contributed by atoms with van der Waals surface area (Å²) in [6.45, 7) is 4.66. The van der Waals surface area contributed by atoms with E-state index >= 15 is 0 Å². The predicted octanol–water partition coefficient (Wildman–Crippen LogP) is 2.41. The highest BCUT2D eigenvalue weighted by Gasteiger charge is 2.31. The lowest BCUT2D eigenvalue weighted by molar-refractivity contribution is -0.0410. The zero-order valence-electron chi connectivity index (χ0n) is 10.4. The van der Waals surface area contributed by atoms with E-state index in [0.29, 0.717) is 24.6 Å². The van der Waals surface area contributed by atoms with Crippen LogP contribution in [0, 0.1) is 6.92 Å². The smallest absolute Gasteiger partial charge is 0.245 e. The highest BCUT2D eigenvalue weighted by molar-refractivity contribution is 7.89. The molecule has 0 saturated carbocycles. The van der Waals surface area contributed by atoms with Gasteiger partial charge in [0.1, 0.15) is 6.23 Å². The van der Waals surface area contributed by atoms with Crippen LogP contribution in [-0.2, 0) is 14.8 Å². The summed E-state index contributed by atoms with van der Waals surface area (Å²) < 4.78 is 31.6. The summed E-state index contributed by atoms with van der Waals surface area (Å²) in [7, 11) is -3.53. The van der Waals surface area contributed by atoms with Crippen LogP contribution in [0.1, 0.15) is 18.9 Å². The predicted molar refractivity (Wildman–Crippen MR) is 70.1 cm³/mol. The second kappa shape index (κ2) is 5.17. The molecule has 100 valence electrons. The lowest BCUT2D eigenvalue weighted by Gasteiger charge is -2.32. The monoisotopic (exact) mass is 289 g/mol.